The molecule has 132 valence electrons. The first-order valence-electron chi connectivity index (χ1n) is 8.06. The molecule has 0 radical (unpaired) electrons. The Hall–Kier alpha value is -2.69. The third-order valence-corrected chi connectivity index (χ3v) is 4.00. The molecule has 0 saturated heterocycles. The molecule has 1 amide bonds. The fourth-order valence-electron chi connectivity index (χ4n) is 2.45. The number of hydrogen-bond acceptors (Lipinski definition) is 2. The number of carbonyl (C=O) groups is 2. The highest BCUT2D eigenvalue weighted by atomic mass is 19.1. The number of nitrogens with one attached hydrogen (secondary N) is 1. The molecule has 2 aromatic carbocycles. The van der Waals surface area contributed by atoms with Gasteiger partial charge in [0.15, 0.2) is 0 Å². The van der Waals surface area contributed by atoms with Gasteiger partial charge in [-0.2, -0.15) is 0 Å². The maximum Gasteiger partial charge on any atom is 0.326 e. The number of carboxylic acids is 1. The van der Waals surface area contributed by atoms with Crippen LogP contribution in [0.5, 0.6) is 0 Å². The van der Waals surface area contributed by atoms with Crippen molar-refractivity contribution in [3.63, 3.8) is 0 Å². The van der Waals surface area contributed by atoms with E-state index in [4.69, 9.17) is 0 Å². The fraction of sp³-hybridized carbons (Fsp3) is 0.300. The average molecular weight is 343 g/mol. The number of carboxylic acid groups (broad SMARTS) is 1. The standard InChI is InChI=1S/C20H22FNO3/c1-20(2,3)15-10-8-13(9-11-15)18(23)22-17(19(24)25)12-14-6-4-5-7-16(14)21/h4-11,17H,12H2,1-3H3,(H,22,23)(H,24,25)/t17-/m0/s1. The largest absolute Gasteiger partial charge is 0.480 e. The number of benzene rings is 2. The van der Waals surface area contributed by atoms with Crippen LogP contribution in [0.3, 0.4) is 0 Å². The smallest absolute Gasteiger partial charge is 0.326 e. The van der Waals surface area contributed by atoms with Crippen molar-refractivity contribution >= 4 is 11.9 Å². The first-order chi connectivity index (χ1) is 11.7. The van der Waals surface area contributed by atoms with Crippen LogP contribution in [0.15, 0.2) is 48.5 Å². The van der Waals surface area contributed by atoms with Crippen molar-refractivity contribution in [2.45, 2.75) is 38.6 Å². The van der Waals surface area contributed by atoms with Gasteiger partial charge in [-0.25, -0.2) is 9.18 Å². The lowest BCUT2D eigenvalue weighted by atomic mass is 9.86. The summed E-state index contributed by atoms with van der Waals surface area (Å²) in [6, 6.07) is 11.8. The number of carbonyl (C=O) groups excluding carboxylic acids is 1. The van der Waals surface area contributed by atoms with Crippen LogP contribution in [0.2, 0.25) is 0 Å². The van der Waals surface area contributed by atoms with Crippen LogP contribution >= 0.6 is 0 Å². The SMILES string of the molecule is CC(C)(C)c1ccc(C(=O)N[C@@H](Cc2ccccc2F)C(=O)O)cc1. The van der Waals surface area contributed by atoms with Crippen molar-refractivity contribution in [1.82, 2.24) is 5.32 Å². The molecule has 5 heteroatoms. The molecule has 4 nitrogen and oxygen atoms in total. The first kappa shape index (κ1) is 18.6. The fourth-order valence-corrected chi connectivity index (χ4v) is 2.45. The summed E-state index contributed by atoms with van der Waals surface area (Å²) in [5.74, 6) is -2.19. The van der Waals surface area contributed by atoms with Crippen LogP contribution < -0.4 is 5.32 Å². The Kier molecular flexibility index (Phi) is 5.57. The van der Waals surface area contributed by atoms with Gasteiger partial charge in [0.25, 0.3) is 5.91 Å². The van der Waals surface area contributed by atoms with Crippen molar-refractivity contribution in [3.8, 4) is 0 Å². The molecular formula is C20H22FNO3. The molecule has 0 aliphatic carbocycles. The molecule has 2 N–H and O–H groups in total. The van der Waals surface area contributed by atoms with E-state index in [1.165, 1.54) is 18.2 Å². The van der Waals surface area contributed by atoms with Gasteiger partial charge in [0.2, 0.25) is 0 Å². The maximum absolute atomic E-state index is 13.7. The average Bonchev–Trinajstić information content (AvgIpc) is 2.55. The lowest BCUT2D eigenvalue weighted by molar-refractivity contribution is -0.139. The molecule has 2 rings (SSSR count). The van der Waals surface area contributed by atoms with Crippen LogP contribution in [0, 0.1) is 5.82 Å². The zero-order valence-corrected chi connectivity index (χ0v) is 14.5. The van der Waals surface area contributed by atoms with E-state index in [9.17, 15) is 19.1 Å². The topological polar surface area (TPSA) is 66.4 Å². The van der Waals surface area contributed by atoms with Crippen molar-refractivity contribution in [3.05, 3.63) is 71.0 Å². The van der Waals surface area contributed by atoms with Gasteiger partial charge >= 0.3 is 5.97 Å². The number of amides is 1. The van der Waals surface area contributed by atoms with Gasteiger partial charge in [0, 0.05) is 12.0 Å². The lowest BCUT2D eigenvalue weighted by Gasteiger charge is -2.19. The third-order valence-electron chi connectivity index (χ3n) is 4.00. The Bertz CT molecular complexity index is 763. The van der Waals surface area contributed by atoms with Crippen molar-refractivity contribution in [1.29, 1.82) is 0 Å². The first-order valence-corrected chi connectivity index (χ1v) is 8.06. The summed E-state index contributed by atoms with van der Waals surface area (Å²) in [5.41, 5.74) is 1.65. The molecule has 0 unspecified atom stereocenters. The molecule has 0 bridgehead atoms. The van der Waals surface area contributed by atoms with E-state index in [-0.39, 0.29) is 17.4 Å². The second-order valence-electron chi connectivity index (χ2n) is 6.99. The van der Waals surface area contributed by atoms with Crippen LogP contribution in [-0.2, 0) is 16.6 Å². The molecule has 0 aliphatic rings. The van der Waals surface area contributed by atoms with Gasteiger partial charge in [0.05, 0.1) is 0 Å². The van der Waals surface area contributed by atoms with Gasteiger partial charge in [-0.3, -0.25) is 4.79 Å². The molecule has 0 saturated carbocycles. The molecule has 0 aliphatic heterocycles. The summed E-state index contributed by atoms with van der Waals surface area (Å²) in [5, 5.41) is 11.8. The predicted molar refractivity (Wildman–Crippen MR) is 94.1 cm³/mol. The summed E-state index contributed by atoms with van der Waals surface area (Å²) in [4.78, 5) is 23.8. The van der Waals surface area contributed by atoms with Gasteiger partial charge in [-0.1, -0.05) is 51.1 Å². The molecular weight excluding hydrogens is 321 g/mol. The molecule has 0 heterocycles. The highest BCUT2D eigenvalue weighted by Gasteiger charge is 2.23. The van der Waals surface area contributed by atoms with Crippen molar-refractivity contribution in [2.24, 2.45) is 0 Å². The minimum absolute atomic E-state index is 0.0383. The van der Waals surface area contributed by atoms with E-state index in [0.29, 0.717) is 5.56 Å². The zero-order valence-electron chi connectivity index (χ0n) is 14.5. The quantitative estimate of drug-likeness (QED) is 0.872. The molecule has 2 aromatic rings. The lowest BCUT2D eigenvalue weighted by Crippen LogP contribution is -2.42. The number of hydrogen-bond donors (Lipinski definition) is 2. The van der Waals surface area contributed by atoms with Crippen LogP contribution in [0.25, 0.3) is 0 Å². The minimum Gasteiger partial charge on any atom is -0.480 e. The van der Waals surface area contributed by atoms with Gasteiger partial charge < -0.3 is 10.4 Å². The van der Waals surface area contributed by atoms with E-state index in [0.717, 1.165) is 5.56 Å². The second kappa shape index (κ2) is 7.47. The van der Waals surface area contributed by atoms with E-state index in [2.05, 4.69) is 26.1 Å². The van der Waals surface area contributed by atoms with Crippen molar-refractivity contribution < 1.29 is 19.1 Å². The summed E-state index contributed by atoms with van der Waals surface area (Å²) in [7, 11) is 0. The number of halogens is 1. The molecule has 0 aromatic heterocycles. The zero-order chi connectivity index (χ0) is 18.6. The van der Waals surface area contributed by atoms with Crippen LogP contribution in [-0.4, -0.2) is 23.0 Å². The number of aliphatic carboxylic acids is 1. The number of rotatable bonds is 5. The molecule has 1 atom stereocenters. The predicted octanol–water partition coefficient (Wildman–Crippen LogP) is 3.55. The Morgan fingerprint density at radius 1 is 1.08 bits per heavy atom. The Balaban J connectivity index is 2.13. The second-order valence-corrected chi connectivity index (χ2v) is 6.99. The monoisotopic (exact) mass is 343 g/mol. The maximum atomic E-state index is 13.7. The van der Waals surface area contributed by atoms with Crippen molar-refractivity contribution in [2.75, 3.05) is 0 Å². The summed E-state index contributed by atoms with van der Waals surface area (Å²) >= 11 is 0. The Morgan fingerprint density at radius 3 is 2.20 bits per heavy atom. The van der Waals surface area contributed by atoms with E-state index < -0.39 is 23.7 Å². The summed E-state index contributed by atoms with van der Waals surface area (Å²) in [6.45, 7) is 6.20. The van der Waals surface area contributed by atoms with Crippen LogP contribution in [0.4, 0.5) is 4.39 Å². The van der Waals surface area contributed by atoms with Gasteiger partial charge in [-0.15, -0.1) is 0 Å². The highest BCUT2D eigenvalue weighted by Crippen LogP contribution is 2.22. The van der Waals surface area contributed by atoms with Gasteiger partial charge in [-0.05, 0) is 34.7 Å². The molecule has 0 fully saturated rings. The van der Waals surface area contributed by atoms with Crippen LogP contribution in [0.1, 0.15) is 42.3 Å². The molecule has 0 spiro atoms. The van der Waals surface area contributed by atoms with E-state index >= 15 is 0 Å². The molecule has 25 heavy (non-hydrogen) atoms. The Labute approximate surface area is 146 Å². The third kappa shape index (κ3) is 4.89. The van der Waals surface area contributed by atoms with E-state index in [1.54, 1.807) is 18.2 Å². The summed E-state index contributed by atoms with van der Waals surface area (Å²) < 4.78 is 13.7. The normalized spacial score (nSPS) is 12.5. The Morgan fingerprint density at radius 2 is 1.68 bits per heavy atom. The highest BCUT2D eigenvalue weighted by molar-refractivity contribution is 5.96. The van der Waals surface area contributed by atoms with E-state index in [1.807, 2.05) is 12.1 Å². The van der Waals surface area contributed by atoms with Gasteiger partial charge in [0.1, 0.15) is 11.9 Å². The minimum atomic E-state index is -1.21. The summed E-state index contributed by atoms with van der Waals surface area (Å²) in [6.07, 6.45) is -0.117.